The van der Waals surface area contributed by atoms with E-state index in [2.05, 4.69) is 17.6 Å². The topological polar surface area (TPSA) is 67.2 Å². The van der Waals surface area contributed by atoms with Crippen molar-refractivity contribution in [3.8, 4) is 0 Å². The lowest BCUT2D eigenvalue weighted by Gasteiger charge is -2.15. The van der Waals surface area contributed by atoms with Crippen molar-refractivity contribution < 1.29 is 4.79 Å². The summed E-state index contributed by atoms with van der Waals surface area (Å²) in [6, 6.07) is 5.61. The summed E-state index contributed by atoms with van der Waals surface area (Å²) in [7, 11) is 1.93. The second kappa shape index (κ2) is 6.25. The molecular formula is C13H21N3O. The molecule has 1 aromatic rings. The molecule has 0 aliphatic rings. The molecule has 4 heteroatoms. The molecule has 0 aliphatic heterocycles. The van der Waals surface area contributed by atoms with Gasteiger partial charge in [0.05, 0.1) is 5.56 Å². The fourth-order valence-electron chi connectivity index (χ4n) is 1.72. The highest BCUT2D eigenvalue weighted by Crippen LogP contribution is 2.17. The maximum atomic E-state index is 11.3. The third-order valence-electron chi connectivity index (χ3n) is 2.63. The van der Waals surface area contributed by atoms with Crippen LogP contribution >= 0.6 is 0 Å². The molecule has 0 fully saturated rings. The van der Waals surface area contributed by atoms with Crippen molar-refractivity contribution in [2.75, 3.05) is 25.5 Å². The zero-order valence-corrected chi connectivity index (χ0v) is 10.7. The number of nitrogens with two attached hydrogens (primary N) is 1. The predicted molar refractivity (Wildman–Crippen MR) is 71.3 cm³/mol. The molecule has 0 bridgehead atoms. The Kier molecular flexibility index (Phi) is 4.97. The summed E-state index contributed by atoms with van der Waals surface area (Å²) in [4.78, 5) is 11.3. The lowest BCUT2D eigenvalue weighted by Crippen LogP contribution is -2.24. The third kappa shape index (κ3) is 4.07. The molecule has 0 aromatic heterocycles. The van der Waals surface area contributed by atoms with Gasteiger partial charge in [-0.1, -0.05) is 13.0 Å². The number of carbonyl (C=O) groups excluding carboxylic acids is 1. The van der Waals surface area contributed by atoms with Crippen LogP contribution in [0.2, 0.25) is 0 Å². The Labute approximate surface area is 103 Å². The van der Waals surface area contributed by atoms with Gasteiger partial charge in [-0.3, -0.25) is 4.79 Å². The van der Waals surface area contributed by atoms with E-state index in [1.165, 1.54) is 0 Å². The van der Waals surface area contributed by atoms with Crippen LogP contribution in [-0.2, 0) is 0 Å². The number of hydrogen-bond acceptors (Lipinski definition) is 3. The summed E-state index contributed by atoms with van der Waals surface area (Å²) in [5.41, 5.74) is 7.82. The molecule has 0 saturated carbocycles. The Morgan fingerprint density at radius 3 is 2.71 bits per heavy atom. The number of aryl methyl sites for hydroxylation is 1. The molecule has 1 amide bonds. The summed E-state index contributed by atoms with van der Waals surface area (Å²) >= 11 is 0. The minimum absolute atomic E-state index is 0.395. The summed E-state index contributed by atoms with van der Waals surface area (Å²) in [5, 5.41) is 6.40. The van der Waals surface area contributed by atoms with Gasteiger partial charge in [0.2, 0.25) is 0 Å². The highest BCUT2D eigenvalue weighted by Gasteiger charge is 2.09. The van der Waals surface area contributed by atoms with Crippen molar-refractivity contribution in [1.82, 2.24) is 5.32 Å². The van der Waals surface area contributed by atoms with Gasteiger partial charge in [-0.25, -0.2) is 0 Å². The summed E-state index contributed by atoms with van der Waals surface area (Å²) in [6.45, 7) is 5.88. The Morgan fingerprint density at radius 2 is 2.12 bits per heavy atom. The van der Waals surface area contributed by atoms with Crippen LogP contribution in [0.1, 0.15) is 22.8 Å². The van der Waals surface area contributed by atoms with Crippen molar-refractivity contribution in [3.05, 3.63) is 29.3 Å². The SMILES string of the molecule is CNCC(C)CNc1cc(C)ccc1C(N)=O. The maximum absolute atomic E-state index is 11.3. The van der Waals surface area contributed by atoms with Gasteiger partial charge >= 0.3 is 0 Å². The maximum Gasteiger partial charge on any atom is 0.250 e. The van der Waals surface area contributed by atoms with E-state index in [-0.39, 0.29) is 0 Å². The van der Waals surface area contributed by atoms with E-state index in [1.807, 2.05) is 26.1 Å². The van der Waals surface area contributed by atoms with Crippen LogP contribution < -0.4 is 16.4 Å². The molecule has 17 heavy (non-hydrogen) atoms. The summed E-state index contributed by atoms with van der Waals surface area (Å²) in [6.07, 6.45) is 0. The molecule has 1 rings (SSSR count). The first-order valence-corrected chi connectivity index (χ1v) is 5.83. The number of amides is 1. The van der Waals surface area contributed by atoms with Gasteiger partial charge in [0.1, 0.15) is 0 Å². The monoisotopic (exact) mass is 235 g/mol. The van der Waals surface area contributed by atoms with Gasteiger partial charge in [0.15, 0.2) is 0 Å². The number of benzene rings is 1. The van der Waals surface area contributed by atoms with E-state index < -0.39 is 5.91 Å². The zero-order valence-electron chi connectivity index (χ0n) is 10.7. The van der Waals surface area contributed by atoms with Crippen LogP contribution in [-0.4, -0.2) is 26.0 Å². The molecule has 0 spiro atoms. The third-order valence-corrected chi connectivity index (χ3v) is 2.63. The second-order valence-corrected chi connectivity index (χ2v) is 4.46. The van der Waals surface area contributed by atoms with Crippen LogP contribution in [0.3, 0.4) is 0 Å². The summed E-state index contributed by atoms with van der Waals surface area (Å²) < 4.78 is 0. The molecule has 0 heterocycles. The summed E-state index contributed by atoms with van der Waals surface area (Å²) in [5.74, 6) is 0.0926. The van der Waals surface area contributed by atoms with Crippen LogP contribution in [0.4, 0.5) is 5.69 Å². The standard InChI is InChI=1S/C13H21N3O/c1-9-4-5-11(13(14)17)12(6-9)16-8-10(2)7-15-3/h4-6,10,15-16H,7-8H2,1-3H3,(H2,14,17). The molecule has 1 atom stereocenters. The molecule has 0 aliphatic carbocycles. The van der Waals surface area contributed by atoms with E-state index in [0.717, 1.165) is 24.3 Å². The first-order valence-electron chi connectivity index (χ1n) is 5.83. The predicted octanol–water partition coefficient (Wildman–Crippen LogP) is 1.36. The van der Waals surface area contributed by atoms with Crippen LogP contribution in [0.15, 0.2) is 18.2 Å². The van der Waals surface area contributed by atoms with Crippen LogP contribution in [0.5, 0.6) is 0 Å². The Balaban J connectivity index is 2.75. The van der Waals surface area contributed by atoms with Crippen LogP contribution in [0.25, 0.3) is 0 Å². The number of anilines is 1. The second-order valence-electron chi connectivity index (χ2n) is 4.46. The van der Waals surface area contributed by atoms with E-state index in [1.54, 1.807) is 6.07 Å². The Morgan fingerprint density at radius 1 is 1.41 bits per heavy atom. The number of carbonyl (C=O) groups is 1. The minimum atomic E-state index is -0.395. The minimum Gasteiger partial charge on any atom is -0.384 e. The molecule has 1 aromatic carbocycles. The van der Waals surface area contributed by atoms with Crippen molar-refractivity contribution >= 4 is 11.6 Å². The Bertz CT molecular complexity index is 390. The average molecular weight is 235 g/mol. The van der Waals surface area contributed by atoms with Crippen LogP contribution in [0, 0.1) is 12.8 Å². The van der Waals surface area contributed by atoms with Gasteiger partial charge < -0.3 is 16.4 Å². The molecule has 0 saturated heterocycles. The molecule has 4 N–H and O–H groups in total. The molecule has 4 nitrogen and oxygen atoms in total. The van der Waals surface area contributed by atoms with Crippen molar-refractivity contribution in [1.29, 1.82) is 0 Å². The van der Waals surface area contributed by atoms with E-state index in [0.29, 0.717) is 11.5 Å². The molecular weight excluding hydrogens is 214 g/mol. The van der Waals surface area contributed by atoms with Gasteiger partial charge in [-0.05, 0) is 44.1 Å². The average Bonchev–Trinajstić information content (AvgIpc) is 2.26. The highest BCUT2D eigenvalue weighted by molar-refractivity contribution is 5.98. The number of primary amides is 1. The first-order chi connectivity index (χ1) is 8.04. The fraction of sp³-hybridized carbons (Fsp3) is 0.462. The van der Waals surface area contributed by atoms with E-state index >= 15 is 0 Å². The fourth-order valence-corrected chi connectivity index (χ4v) is 1.72. The lowest BCUT2D eigenvalue weighted by atomic mass is 10.1. The normalized spacial score (nSPS) is 12.2. The smallest absolute Gasteiger partial charge is 0.250 e. The molecule has 94 valence electrons. The highest BCUT2D eigenvalue weighted by atomic mass is 16.1. The first kappa shape index (κ1) is 13.5. The number of nitrogens with one attached hydrogen (secondary N) is 2. The van der Waals surface area contributed by atoms with Gasteiger partial charge in [-0.15, -0.1) is 0 Å². The molecule has 1 unspecified atom stereocenters. The van der Waals surface area contributed by atoms with Crippen molar-refractivity contribution in [2.45, 2.75) is 13.8 Å². The number of rotatable bonds is 6. The van der Waals surface area contributed by atoms with E-state index in [4.69, 9.17) is 5.73 Å². The Hall–Kier alpha value is -1.55. The van der Waals surface area contributed by atoms with Crippen molar-refractivity contribution in [3.63, 3.8) is 0 Å². The largest absolute Gasteiger partial charge is 0.384 e. The zero-order chi connectivity index (χ0) is 12.8. The van der Waals surface area contributed by atoms with Gasteiger partial charge in [0.25, 0.3) is 5.91 Å². The number of hydrogen-bond donors (Lipinski definition) is 3. The van der Waals surface area contributed by atoms with Crippen molar-refractivity contribution in [2.24, 2.45) is 11.7 Å². The van der Waals surface area contributed by atoms with E-state index in [9.17, 15) is 4.79 Å². The quantitative estimate of drug-likeness (QED) is 0.697. The lowest BCUT2D eigenvalue weighted by molar-refractivity contribution is 0.100. The van der Waals surface area contributed by atoms with Gasteiger partial charge in [-0.2, -0.15) is 0 Å². The van der Waals surface area contributed by atoms with Gasteiger partial charge in [0, 0.05) is 12.2 Å². The molecule has 0 radical (unpaired) electrons.